The molecule has 0 aliphatic carbocycles. The molecular formula is C17H19N2+. The third-order valence-electron chi connectivity index (χ3n) is 3.74. The lowest BCUT2D eigenvalue weighted by Crippen LogP contribution is -2.37. The lowest BCUT2D eigenvalue weighted by atomic mass is 10.2. The minimum Gasteiger partial charge on any atom is -0.228 e. The highest BCUT2D eigenvalue weighted by Gasteiger charge is 2.19. The normalized spacial score (nSPS) is 11.1. The SMILES string of the molecule is CCn1c(C)[n+](Cc2ccccc2)c2ccccc21. The second-order valence-corrected chi connectivity index (χ2v) is 4.85. The molecule has 0 saturated carbocycles. The van der Waals surface area contributed by atoms with Crippen LogP contribution in [0.4, 0.5) is 0 Å². The molecule has 0 fully saturated rings. The maximum atomic E-state index is 2.40. The standard InChI is InChI=1S/C17H19N2/c1-3-18-14(2)19(13-15-9-5-4-6-10-15)17-12-8-7-11-16(17)18/h4-12H,3,13H2,1-2H3/q+1. The number of benzene rings is 2. The highest BCUT2D eigenvalue weighted by molar-refractivity contribution is 5.72. The van der Waals surface area contributed by atoms with Crippen LogP contribution in [0.1, 0.15) is 18.3 Å². The second kappa shape index (κ2) is 4.88. The van der Waals surface area contributed by atoms with Gasteiger partial charge in [0.2, 0.25) is 0 Å². The van der Waals surface area contributed by atoms with Crippen LogP contribution >= 0.6 is 0 Å². The number of hydrogen-bond acceptors (Lipinski definition) is 0. The van der Waals surface area contributed by atoms with E-state index in [0.29, 0.717) is 0 Å². The van der Waals surface area contributed by atoms with Crippen LogP contribution in [-0.2, 0) is 13.1 Å². The summed E-state index contributed by atoms with van der Waals surface area (Å²) in [5, 5.41) is 0. The van der Waals surface area contributed by atoms with Gasteiger partial charge in [-0.25, -0.2) is 9.13 Å². The zero-order chi connectivity index (χ0) is 13.2. The van der Waals surface area contributed by atoms with Crippen molar-refractivity contribution in [3.05, 3.63) is 66.0 Å². The lowest BCUT2D eigenvalue weighted by Gasteiger charge is -2.01. The van der Waals surface area contributed by atoms with Crippen molar-refractivity contribution >= 4 is 11.0 Å². The summed E-state index contributed by atoms with van der Waals surface area (Å²) < 4.78 is 4.77. The molecule has 1 aromatic heterocycles. The maximum absolute atomic E-state index is 2.40. The van der Waals surface area contributed by atoms with Gasteiger partial charge in [-0.1, -0.05) is 42.5 Å². The molecule has 0 atom stereocenters. The van der Waals surface area contributed by atoms with Crippen molar-refractivity contribution in [2.24, 2.45) is 0 Å². The van der Waals surface area contributed by atoms with Crippen LogP contribution in [-0.4, -0.2) is 4.57 Å². The van der Waals surface area contributed by atoms with Gasteiger partial charge in [0.05, 0.1) is 6.54 Å². The van der Waals surface area contributed by atoms with Gasteiger partial charge in [0.1, 0.15) is 6.54 Å². The van der Waals surface area contributed by atoms with E-state index in [0.717, 1.165) is 13.1 Å². The van der Waals surface area contributed by atoms with Crippen LogP contribution in [0.25, 0.3) is 11.0 Å². The zero-order valence-corrected chi connectivity index (χ0v) is 11.5. The van der Waals surface area contributed by atoms with E-state index < -0.39 is 0 Å². The molecule has 0 radical (unpaired) electrons. The Labute approximate surface area is 113 Å². The summed E-state index contributed by atoms with van der Waals surface area (Å²) in [6, 6.07) is 19.3. The van der Waals surface area contributed by atoms with Crippen LogP contribution in [0, 0.1) is 6.92 Å². The molecule has 0 aliphatic rings. The van der Waals surface area contributed by atoms with E-state index in [1.807, 2.05) is 0 Å². The quantitative estimate of drug-likeness (QED) is 0.632. The average molecular weight is 251 g/mol. The molecule has 0 saturated heterocycles. The fourth-order valence-electron chi connectivity index (χ4n) is 2.78. The molecule has 0 bridgehead atoms. The molecule has 3 aromatic rings. The van der Waals surface area contributed by atoms with Gasteiger partial charge in [0.15, 0.2) is 11.0 Å². The van der Waals surface area contributed by atoms with Crippen LogP contribution in [0.5, 0.6) is 0 Å². The first kappa shape index (κ1) is 12.0. The number of nitrogens with zero attached hydrogens (tertiary/aromatic N) is 2. The molecule has 0 unspecified atom stereocenters. The number of aromatic nitrogens is 2. The highest BCUT2D eigenvalue weighted by Crippen LogP contribution is 2.14. The minimum absolute atomic E-state index is 0.931. The molecule has 96 valence electrons. The molecular weight excluding hydrogens is 232 g/mol. The van der Waals surface area contributed by atoms with Gasteiger partial charge < -0.3 is 0 Å². The molecule has 0 aliphatic heterocycles. The Balaban J connectivity index is 2.15. The van der Waals surface area contributed by atoms with E-state index in [2.05, 4.69) is 77.6 Å². The molecule has 0 amide bonds. The predicted molar refractivity (Wildman–Crippen MR) is 78.1 cm³/mol. The van der Waals surface area contributed by atoms with Crippen LogP contribution in [0.3, 0.4) is 0 Å². The van der Waals surface area contributed by atoms with Crippen molar-refractivity contribution in [2.45, 2.75) is 26.9 Å². The second-order valence-electron chi connectivity index (χ2n) is 4.85. The Kier molecular flexibility index (Phi) is 3.08. The summed E-state index contributed by atoms with van der Waals surface area (Å²) in [6.45, 7) is 6.34. The van der Waals surface area contributed by atoms with E-state index in [9.17, 15) is 0 Å². The molecule has 0 N–H and O–H groups in total. The number of aryl methyl sites for hydroxylation is 1. The van der Waals surface area contributed by atoms with Gasteiger partial charge in [-0.2, -0.15) is 0 Å². The van der Waals surface area contributed by atoms with E-state index >= 15 is 0 Å². The van der Waals surface area contributed by atoms with Crippen molar-refractivity contribution in [3.63, 3.8) is 0 Å². The Hall–Kier alpha value is -2.09. The van der Waals surface area contributed by atoms with E-state index in [1.54, 1.807) is 0 Å². The first-order chi connectivity index (χ1) is 9.31. The molecule has 19 heavy (non-hydrogen) atoms. The van der Waals surface area contributed by atoms with E-state index in [1.165, 1.54) is 22.4 Å². The smallest absolute Gasteiger partial charge is 0.228 e. The first-order valence-corrected chi connectivity index (χ1v) is 6.83. The highest BCUT2D eigenvalue weighted by atomic mass is 15.2. The van der Waals surface area contributed by atoms with Crippen LogP contribution < -0.4 is 4.57 Å². The predicted octanol–water partition coefficient (Wildman–Crippen LogP) is 3.31. The van der Waals surface area contributed by atoms with Gasteiger partial charge in [0, 0.05) is 6.92 Å². The Morgan fingerprint density at radius 3 is 2.37 bits per heavy atom. The minimum atomic E-state index is 0.931. The number of imidazole rings is 1. The Bertz CT molecular complexity index is 696. The Morgan fingerprint density at radius 1 is 0.947 bits per heavy atom. The average Bonchev–Trinajstić information content (AvgIpc) is 2.73. The number of hydrogen-bond donors (Lipinski definition) is 0. The van der Waals surface area contributed by atoms with Crippen molar-refractivity contribution in [1.82, 2.24) is 4.57 Å². The number of rotatable bonds is 3. The molecule has 0 spiro atoms. The summed E-state index contributed by atoms with van der Waals surface area (Å²) in [5.74, 6) is 1.31. The van der Waals surface area contributed by atoms with Gasteiger partial charge in [0.25, 0.3) is 5.82 Å². The molecule has 1 heterocycles. The monoisotopic (exact) mass is 251 g/mol. The number of fused-ring (bicyclic) bond motifs is 1. The summed E-state index contributed by atoms with van der Waals surface area (Å²) in [5.41, 5.74) is 3.97. The third-order valence-corrected chi connectivity index (χ3v) is 3.74. The van der Waals surface area contributed by atoms with Crippen LogP contribution in [0.15, 0.2) is 54.6 Å². The zero-order valence-electron chi connectivity index (χ0n) is 11.5. The maximum Gasteiger partial charge on any atom is 0.254 e. The Morgan fingerprint density at radius 2 is 1.63 bits per heavy atom. The largest absolute Gasteiger partial charge is 0.254 e. The van der Waals surface area contributed by atoms with Crippen molar-refractivity contribution in [2.75, 3.05) is 0 Å². The summed E-state index contributed by atoms with van der Waals surface area (Å²) in [7, 11) is 0. The summed E-state index contributed by atoms with van der Waals surface area (Å²) in [4.78, 5) is 0. The van der Waals surface area contributed by atoms with Crippen molar-refractivity contribution < 1.29 is 4.57 Å². The first-order valence-electron chi connectivity index (χ1n) is 6.83. The molecule has 2 aromatic carbocycles. The van der Waals surface area contributed by atoms with E-state index in [-0.39, 0.29) is 0 Å². The van der Waals surface area contributed by atoms with Gasteiger partial charge in [-0.05, 0) is 24.6 Å². The fourth-order valence-corrected chi connectivity index (χ4v) is 2.78. The van der Waals surface area contributed by atoms with Gasteiger partial charge in [-0.15, -0.1) is 0 Å². The lowest BCUT2D eigenvalue weighted by molar-refractivity contribution is -0.669. The summed E-state index contributed by atoms with van der Waals surface area (Å²) in [6.07, 6.45) is 0. The van der Waals surface area contributed by atoms with Gasteiger partial charge >= 0.3 is 0 Å². The molecule has 3 rings (SSSR count). The van der Waals surface area contributed by atoms with Crippen LogP contribution in [0.2, 0.25) is 0 Å². The van der Waals surface area contributed by atoms with E-state index in [4.69, 9.17) is 0 Å². The van der Waals surface area contributed by atoms with Gasteiger partial charge in [-0.3, -0.25) is 0 Å². The summed E-state index contributed by atoms with van der Waals surface area (Å²) >= 11 is 0. The topological polar surface area (TPSA) is 8.81 Å². The third kappa shape index (κ3) is 2.03. The van der Waals surface area contributed by atoms with Crippen molar-refractivity contribution in [1.29, 1.82) is 0 Å². The van der Waals surface area contributed by atoms with Crippen molar-refractivity contribution in [3.8, 4) is 0 Å². The fraction of sp³-hybridized carbons (Fsp3) is 0.235. The number of para-hydroxylation sites is 2. The molecule has 2 nitrogen and oxygen atoms in total. The molecule has 2 heteroatoms.